The maximum atomic E-state index is 9.09. The van der Waals surface area contributed by atoms with Crippen LogP contribution in [0, 0.1) is 18.3 Å². The first-order valence-electron chi connectivity index (χ1n) is 5.24. The molecule has 0 saturated heterocycles. The summed E-state index contributed by atoms with van der Waals surface area (Å²) in [5, 5.41) is 9.09. The molecule has 0 aromatic heterocycles. The van der Waals surface area contributed by atoms with E-state index in [-0.39, 0.29) is 5.92 Å². The Labute approximate surface area is 92.1 Å². The average molecular weight is 202 g/mol. The van der Waals surface area contributed by atoms with E-state index in [1.807, 2.05) is 14.1 Å². The lowest BCUT2D eigenvalue weighted by molar-refractivity contribution is 0.393. The molecular formula is C13H18N2. The molecule has 0 N–H and O–H groups in total. The molecule has 2 nitrogen and oxygen atoms in total. The van der Waals surface area contributed by atoms with E-state index in [4.69, 9.17) is 5.26 Å². The maximum absolute atomic E-state index is 9.09. The molecule has 0 fully saturated rings. The van der Waals surface area contributed by atoms with Gasteiger partial charge in [-0.05, 0) is 39.5 Å². The average Bonchev–Trinajstić information content (AvgIpc) is 2.21. The van der Waals surface area contributed by atoms with Gasteiger partial charge in [0.15, 0.2) is 0 Å². The molecule has 2 heteroatoms. The second-order valence-electron chi connectivity index (χ2n) is 4.18. The number of hydrogen-bond acceptors (Lipinski definition) is 2. The van der Waals surface area contributed by atoms with Crippen LogP contribution in [0.1, 0.15) is 23.5 Å². The van der Waals surface area contributed by atoms with E-state index in [0.29, 0.717) is 0 Å². The zero-order valence-corrected chi connectivity index (χ0v) is 9.70. The van der Waals surface area contributed by atoms with Crippen LogP contribution in [0.4, 0.5) is 0 Å². The molecular weight excluding hydrogens is 184 g/mol. The molecule has 0 spiro atoms. The predicted octanol–water partition coefficient (Wildman–Crippen LogP) is 2.55. The Balaban J connectivity index is 2.67. The van der Waals surface area contributed by atoms with Gasteiger partial charge in [0.2, 0.25) is 0 Å². The lowest BCUT2D eigenvalue weighted by Gasteiger charge is -2.13. The number of nitriles is 1. The highest BCUT2D eigenvalue weighted by molar-refractivity contribution is 5.28. The molecule has 1 aromatic carbocycles. The first kappa shape index (κ1) is 11.7. The van der Waals surface area contributed by atoms with Crippen LogP contribution in [0.5, 0.6) is 0 Å². The summed E-state index contributed by atoms with van der Waals surface area (Å²) in [5.74, 6) is 0.0213. The largest absolute Gasteiger partial charge is 0.309 e. The van der Waals surface area contributed by atoms with Gasteiger partial charge < -0.3 is 4.90 Å². The summed E-state index contributed by atoms with van der Waals surface area (Å²) in [7, 11) is 4.06. The Morgan fingerprint density at radius 1 is 1.27 bits per heavy atom. The predicted molar refractivity (Wildman–Crippen MR) is 62.7 cm³/mol. The molecule has 0 radical (unpaired) electrons. The van der Waals surface area contributed by atoms with Gasteiger partial charge in [0.25, 0.3) is 0 Å². The number of aryl methyl sites for hydroxylation is 1. The third-order valence-corrected chi connectivity index (χ3v) is 2.50. The second-order valence-corrected chi connectivity index (χ2v) is 4.18. The summed E-state index contributed by atoms with van der Waals surface area (Å²) in [6.07, 6.45) is 0.895. The maximum Gasteiger partial charge on any atom is 0.0724 e. The summed E-state index contributed by atoms with van der Waals surface area (Å²) < 4.78 is 0. The molecule has 1 rings (SSSR count). The topological polar surface area (TPSA) is 27.0 Å². The summed E-state index contributed by atoms with van der Waals surface area (Å²) in [5.41, 5.74) is 2.37. The third-order valence-electron chi connectivity index (χ3n) is 2.50. The molecule has 15 heavy (non-hydrogen) atoms. The second kappa shape index (κ2) is 5.53. The normalized spacial score (nSPS) is 12.5. The lowest BCUT2D eigenvalue weighted by atomic mass is 9.96. The van der Waals surface area contributed by atoms with Crippen LogP contribution in [0.25, 0.3) is 0 Å². The third kappa shape index (κ3) is 3.73. The number of rotatable bonds is 4. The van der Waals surface area contributed by atoms with Gasteiger partial charge in [-0.1, -0.05) is 29.8 Å². The van der Waals surface area contributed by atoms with Crippen LogP contribution >= 0.6 is 0 Å². The quantitative estimate of drug-likeness (QED) is 0.750. The minimum absolute atomic E-state index is 0.0213. The van der Waals surface area contributed by atoms with Crippen molar-refractivity contribution in [3.05, 3.63) is 35.4 Å². The summed E-state index contributed by atoms with van der Waals surface area (Å²) in [6, 6.07) is 10.6. The Hall–Kier alpha value is -1.33. The molecule has 0 aliphatic rings. The van der Waals surface area contributed by atoms with Crippen molar-refractivity contribution in [2.75, 3.05) is 20.6 Å². The lowest BCUT2D eigenvalue weighted by Crippen LogP contribution is -2.15. The molecule has 0 amide bonds. The van der Waals surface area contributed by atoms with E-state index < -0.39 is 0 Å². The number of hydrogen-bond donors (Lipinski definition) is 0. The highest BCUT2D eigenvalue weighted by Crippen LogP contribution is 2.19. The van der Waals surface area contributed by atoms with Crippen LogP contribution < -0.4 is 0 Å². The van der Waals surface area contributed by atoms with Gasteiger partial charge in [-0.15, -0.1) is 0 Å². The van der Waals surface area contributed by atoms with Crippen molar-refractivity contribution in [2.24, 2.45) is 0 Å². The molecule has 1 unspecified atom stereocenters. The SMILES string of the molecule is Cc1ccc(C(C#N)CCN(C)C)cc1. The fourth-order valence-electron chi connectivity index (χ4n) is 1.49. The minimum Gasteiger partial charge on any atom is -0.309 e. The minimum atomic E-state index is 0.0213. The first-order valence-corrected chi connectivity index (χ1v) is 5.24. The Morgan fingerprint density at radius 3 is 2.33 bits per heavy atom. The van der Waals surface area contributed by atoms with Crippen molar-refractivity contribution in [1.82, 2.24) is 4.90 Å². The van der Waals surface area contributed by atoms with Crippen LogP contribution in [0.15, 0.2) is 24.3 Å². The number of nitrogens with zero attached hydrogens (tertiary/aromatic N) is 2. The van der Waals surface area contributed by atoms with Gasteiger partial charge in [-0.25, -0.2) is 0 Å². The van der Waals surface area contributed by atoms with Gasteiger partial charge in [-0.3, -0.25) is 0 Å². The van der Waals surface area contributed by atoms with E-state index in [9.17, 15) is 0 Å². The smallest absolute Gasteiger partial charge is 0.0724 e. The van der Waals surface area contributed by atoms with E-state index in [1.54, 1.807) is 0 Å². The zero-order chi connectivity index (χ0) is 11.3. The molecule has 0 heterocycles. The van der Waals surface area contributed by atoms with E-state index in [1.165, 1.54) is 5.56 Å². The van der Waals surface area contributed by atoms with Crippen molar-refractivity contribution in [1.29, 1.82) is 5.26 Å². The Morgan fingerprint density at radius 2 is 1.87 bits per heavy atom. The van der Waals surface area contributed by atoms with Gasteiger partial charge in [0.05, 0.1) is 12.0 Å². The molecule has 80 valence electrons. The fourth-order valence-corrected chi connectivity index (χ4v) is 1.49. The molecule has 0 saturated carbocycles. The number of benzene rings is 1. The first-order chi connectivity index (χ1) is 7.13. The zero-order valence-electron chi connectivity index (χ0n) is 9.70. The van der Waals surface area contributed by atoms with Crippen LogP contribution in [0.2, 0.25) is 0 Å². The van der Waals surface area contributed by atoms with Gasteiger partial charge in [0.1, 0.15) is 0 Å². The molecule has 0 aliphatic carbocycles. The van der Waals surface area contributed by atoms with Crippen molar-refractivity contribution >= 4 is 0 Å². The van der Waals surface area contributed by atoms with Gasteiger partial charge in [-0.2, -0.15) is 5.26 Å². The van der Waals surface area contributed by atoms with Crippen molar-refractivity contribution < 1.29 is 0 Å². The summed E-state index contributed by atoms with van der Waals surface area (Å²) >= 11 is 0. The monoisotopic (exact) mass is 202 g/mol. The highest BCUT2D eigenvalue weighted by atomic mass is 15.0. The van der Waals surface area contributed by atoms with Crippen LogP contribution in [0.3, 0.4) is 0 Å². The molecule has 0 aliphatic heterocycles. The van der Waals surface area contributed by atoms with Crippen molar-refractivity contribution in [2.45, 2.75) is 19.3 Å². The van der Waals surface area contributed by atoms with Gasteiger partial charge >= 0.3 is 0 Å². The molecule has 1 atom stereocenters. The summed E-state index contributed by atoms with van der Waals surface area (Å²) in [4.78, 5) is 2.11. The van der Waals surface area contributed by atoms with Crippen molar-refractivity contribution in [3.63, 3.8) is 0 Å². The van der Waals surface area contributed by atoms with Crippen LogP contribution in [-0.4, -0.2) is 25.5 Å². The van der Waals surface area contributed by atoms with E-state index in [0.717, 1.165) is 18.5 Å². The van der Waals surface area contributed by atoms with Crippen molar-refractivity contribution in [3.8, 4) is 6.07 Å². The van der Waals surface area contributed by atoms with Crippen LogP contribution in [-0.2, 0) is 0 Å². The Bertz CT molecular complexity index is 333. The Kier molecular flexibility index (Phi) is 4.33. The fraction of sp³-hybridized carbons (Fsp3) is 0.462. The summed E-state index contributed by atoms with van der Waals surface area (Å²) in [6.45, 7) is 3.01. The van der Waals surface area contributed by atoms with Gasteiger partial charge in [0, 0.05) is 0 Å². The molecule has 0 bridgehead atoms. The standard InChI is InChI=1S/C13H18N2/c1-11-4-6-12(7-5-11)13(10-14)8-9-15(2)3/h4-7,13H,8-9H2,1-3H3. The van der Waals surface area contributed by atoms with E-state index >= 15 is 0 Å². The molecule has 1 aromatic rings. The van der Waals surface area contributed by atoms with E-state index in [2.05, 4.69) is 42.2 Å². The highest BCUT2D eigenvalue weighted by Gasteiger charge is 2.10.